The summed E-state index contributed by atoms with van der Waals surface area (Å²) in [5, 5.41) is 4.07. The van der Waals surface area contributed by atoms with Crippen molar-refractivity contribution in [1.29, 1.82) is 0 Å². The Labute approximate surface area is 196 Å². The summed E-state index contributed by atoms with van der Waals surface area (Å²) in [7, 11) is -2.25. The smallest absolute Gasteiger partial charge is 0.263 e. The first-order valence-electron chi connectivity index (χ1n) is 11.6. The Hall–Kier alpha value is -2.59. The average molecular weight is 476 g/mol. The van der Waals surface area contributed by atoms with Gasteiger partial charge in [-0.1, -0.05) is 19.1 Å². The van der Waals surface area contributed by atoms with E-state index in [-0.39, 0.29) is 16.5 Å². The van der Waals surface area contributed by atoms with Crippen LogP contribution in [0.3, 0.4) is 0 Å². The molecule has 0 bridgehead atoms. The van der Waals surface area contributed by atoms with Gasteiger partial charge in [0.05, 0.1) is 17.9 Å². The lowest BCUT2D eigenvalue weighted by Gasteiger charge is -2.36. The lowest BCUT2D eigenvalue weighted by molar-refractivity contribution is 0.0693. The zero-order chi connectivity index (χ0) is 23.6. The number of carbonyl (C=O) groups is 1. The van der Waals surface area contributed by atoms with Gasteiger partial charge in [-0.15, -0.1) is 0 Å². The van der Waals surface area contributed by atoms with E-state index in [1.54, 1.807) is 11.9 Å². The first kappa shape index (κ1) is 23.6. The van der Waals surface area contributed by atoms with Crippen LogP contribution >= 0.6 is 0 Å². The number of para-hydroxylation sites is 2. The van der Waals surface area contributed by atoms with E-state index >= 15 is 0 Å². The molecule has 33 heavy (non-hydrogen) atoms. The quantitative estimate of drug-likeness (QED) is 0.637. The fourth-order valence-electron chi connectivity index (χ4n) is 4.47. The molecule has 10 heteroatoms. The highest BCUT2D eigenvalue weighted by Gasteiger charge is 2.36. The normalized spacial score (nSPS) is 18.5. The second-order valence-electron chi connectivity index (χ2n) is 8.79. The zero-order valence-corrected chi connectivity index (χ0v) is 20.4. The number of hydrogen-bond acceptors (Lipinski definition) is 6. The van der Waals surface area contributed by atoms with Crippen molar-refractivity contribution in [3.05, 3.63) is 36.0 Å². The van der Waals surface area contributed by atoms with E-state index in [0.717, 1.165) is 24.3 Å². The Morgan fingerprint density at radius 2 is 1.76 bits per heavy atom. The molecule has 9 nitrogen and oxygen atoms in total. The maximum Gasteiger partial charge on any atom is 0.263 e. The Morgan fingerprint density at radius 3 is 2.42 bits per heavy atom. The summed E-state index contributed by atoms with van der Waals surface area (Å²) >= 11 is 0. The maximum absolute atomic E-state index is 13.5. The highest BCUT2D eigenvalue weighted by Crippen LogP contribution is 2.30. The van der Waals surface area contributed by atoms with Crippen molar-refractivity contribution < 1.29 is 17.9 Å². The number of aromatic nitrogens is 2. The maximum atomic E-state index is 13.5. The molecule has 0 spiro atoms. The van der Waals surface area contributed by atoms with E-state index in [1.807, 2.05) is 31.2 Å². The summed E-state index contributed by atoms with van der Waals surface area (Å²) < 4.78 is 35.6. The van der Waals surface area contributed by atoms with Gasteiger partial charge < -0.3 is 14.5 Å². The number of amides is 1. The number of sulfonamides is 1. The fraction of sp³-hybridized carbons (Fsp3) is 0.565. The molecule has 0 radical (unpaired) electrons. The minimum Gasteiger partial charge on any atom is -0.492 e. The second kappa shape index (κ2) is 9.72. The predicted octanol–water partition coefficient (Wildman–Crippen LogP) is 2.20. The van der Waals surface area contributed by atoms with Crippen molar-refractivity contribution in [2.45, 2.75) is 31.7 Å². The number of carbonyl (C=O) groups excluding carboxylic acids is 1. The summed E-state index contributed by atoms with van der Waals surface area (Å²) in [6.45, 7) is 7.66. The van der Waals surface area contributed by atoms with Crippen molar-refractivity contribution in [2.24, 2.45) is 13.0 Å². The van der Waals surface area contributed by atoms with Gasteiger partial charge in [0.2, 0.25) is 5.03 Å². The highest BCUT2D eigenvalue weighted by molar-refractivity contribution is 7.89. The van der Waals surface area contributed by atoms with Gasteiger partial charge in [0.25, 0.3) is 15.9 Å². The van der Waals surface area contributed by atoms with E-state index in [4.69, 9.17) is 4.74 Å². The molecule has 2 aliphatic rings. The Bertz CT molecular complexity index is 1080. The van der Waals surface area contributed by atoms with E-state index in [9.17, 15) is 13.2 Å². The third kappa shape index (κ3) is 4.86. The van der Waals surface area contributed by atoms with Crippen LogP contribution in [-0.2, 0) is 17.1 Å². The van der Waals surface area contributed by atoms with Crippen LogP contribution in [0.15, 0.2) is 35.5 Å². The van der Waals surface area contributed by atoms with E-state index in [2.05, 4.69) is 16.9 Å². The third-order valence-electron chi connectivity index (χ3n) is 6.42. The van der Waals surface area contributed by atoms with Crippen LogP contribution in [0.4, 0.5) is 5.69 Å². The number of piperazine rings is 1. The van der Waals surface area contributed by atoms with Crippen molar-refractivity contribution in [3.63, 3.8) is 0 Å². The number of rotatable bonds is 6. The molecule has 0 aliphatic carbocycles. The predicted molar refractivity (Wildman–Crippen MR) is 126 cm³/mol. The number of piperidine rings is 1. The Morgan fingerprint density at radius 1 is 1.09 bits per heavy atom. The molecule has 2 aromatic rings. The summed E-state index contributed by atoms with van der Waals surface area (Å²) in [5.41, 5.74) is 1.13. The first-order valence-corrected chi connectivity index (χ1v) is 13.0. The van der Waals surface area contributed by atoms with Crippen LogP contribution in [0, 0.1) is 5.92 Å². The molecule has 4 rings (SSSR count). The molecular weight excluding hydrogens is 442 g/mol. The first-order chi connectivity index (χ1) is 15.8. The van der Waals surface area contributed by atoms with Crippen LogP contribution in [0.2, 0.25) is 0 Å². The van der Waals surface area contributed by atoms with Gasteiger partial charge in [-0.3, -0.25) is 9.48 Å². The van der Waals surface area contributed by atoms with Crippen LogP contribution in [0.5, 0.6) is 5.75 Å². The second-order valence-corrected chi connectivity index (χ2v) is 10.6. The van der Waals surface area contributed by atoms with Crippen molar-refractivity contribution in [1.82, 2.24) is 19.0 Å². The van der Waals surface area contributed by atoms with Gasteiger partial charge in [-0.2, -0.15) is 9.40 Å². The fourth-order valence-corrected chi connectivity index (χ4v) is 6.01. The van der Waals surface area contributed by atoms with E-state index < -0.39 is 10.0 Å². The summed E-state index contributed by atoms with van der Waals surface area (Å²) in [4.78, 5) is 17.1. The molecule has 1 amide bonds. The molecule has 3 heterocycles. The molecule has 0 atom stereocenters. The Balaban J connectivity index is 1.51. The molecule has 1 aromatic heterocycles. The number of benzene rings is 1. The molecule has 180 valence electrons. The number of ether oxygens (including phenoxy) is 1. The van der Waals surface area contributed by atoms with Gasteiger partial charge in [0.15, 0.2) is 0 Å². The van der Waals surface area contributed by atoms with Crippen molar-refractivity contribution in [3.8, 4) is 5.75 Å². The number of anilines is 1. The van der Waals surface area contributed by atoms with Gasteiger partial charge in [-0.05, 0) is 37.8 Å². The molecule has 0 saturated carbocycles. The van der Waals surface area contributed by atoms with Crippen LogP contribution in [0.1, 0.15) is 37.0 Å². The Kier molecular flexibility index (Phi) is 6.94. The molecule has 0 N–H and O–H groups in total. The largest absolute Gasteiger partial charge is 0.492 e. The lowest BCUT2D eigenvalue weighted by Crippen LogP contribution is -2.49. The number of nitrogens with zero attached hydrogens (tertiary/aromatic N) is 5. The van der Waals surface area contributed by atoms with E-state index in [0.29, 0.717) is 51.8 Å². The number of likely N-dealkylation sites (tertiary alicyclic amines) is 1. The highest BCUT2D eigenvalue weighted by atomic mass is 32.2. The SMILES string of the molecule is CCOc1ccccc1N1CCN(S(=O)(=O)c2nn(C)cc2C(=O)N2CCC(C)CC2)CC1. The number of hydrogen-bond donors (Lipinski definition) is 0. The van der Waals surface area contributed by atoms with Crippen molar-refractivity contribution >= 4 is 21.6 Å². The molecule has 1 aromatic carbocycles. The minimum absolute atomic E-state index is 0.142. The molecule has 2 aliphatic heterocycles. The third-order valence-corrected chi connectivity index (χ3v) is 8.26. The van der Waals surface area contributed by atoms with Gasteiger partial charge in [-0.25, -0.2) is 8.42 Å². The van der Waals surface area contributed by atoms with Crippen LogP contribution in [0.25, 0.3) is 0 Å². The minimum atomic E-state index is -3.90. The van der Waals surface area contributed by atoms with Crippen LogP contribution in [-0.4, -0.2) is 79.2 Å². The molecule has 2 saturated heterocycles. The van der Waals surface area contributed by atoms with Gasteiger partial charge >= 0.3 is 0 Å². The average Bonchev–Trinajstić information content (AvgIpc) is 3.22. The number of aryl methyl sites for hydroxylation is 1. The molecular formula is C23H33N5O4S. The van der Waals surface area contributed by atoms with Gasteiger partial charge in [0.1, 0.15) is 5.75 Å². The summed E-state index contributed by atoms with van der Waals surface area (Å²) in [5.74, 6) is 1.12. The lowest BCUT2D eigenvalue weighted by atomic mass is 9.99. The van der Waals surface area contributed by atoms with E-state index in [1.165, 1.54) is 15.2 Å². The van der Waals surface area contributed by atoms with Crippen LogP contribution < -0.4 is 9.64 Å². The molecule has 2 fully saturated rings. The summed E-state index contributed by atoms with van der Waals surface area (Å²) in [6, 6.07) is 7.80. The standard InChI is InChI=1S/C23H33N5O4S/c1-4-32-21-8-6-5-7-20(21)26-13-15-28(16-14-26)33(30,31)22-19(17-25(3)24-22)23(29)27-11-9-18(2)10-12-27/h5-8,17-18H,4,9-16H2,1-3H3. The van der Waals surface area contributed by atoms with Crippen molar-refractivity contribution in [2.75, 3.05) is 50.8 Å². The molecule has 0 unspecified atom stereocenters. The summed E-state index contributed by atoms with van der Waals surface area (Å²) in [6.07, 6.45) is 3.39. The van der Waals surface area contributed by atoms with Gasteiger partial charge in [0, 0.05) is 52.5 Å². The zero-order valence-electron chi connectivity index (χ0n) is 19.6. The topological polar surface area (TPSA) is 88.0 Å². The monoisotopic (exact) mass is 475 g/mol.